The number of pyridine rings is 1. The number of nitrogens with zero attached hydrogens (tertiary/aromatic N) is 1. The zero-order chi connectivity index (χ0) is 15.8. The van der Waals surface area contributed by atoms with E-state index in [1.54, 1.807) is 12.3 Å². The SMILES string of the molecule is CCNCc1ccc(OCc2ccc(Cl)nc2)c(OCC)c1. The summed E-state index contributed by atoms with van der Waals surface area (Å²) in [4.78, 5) is 4.04. The molecule has 1 aromatic heterocycles. The van der Waals surface area contributed by atoms with Gasteiger partial charge in [0.1, 0.15) is 11.8 Å². The second-order valence-corrected chi connectivity index (χ2v) is 5.16. The quantitative estimate of drug-likeness (QED) is 0.751. The van der Waals surface area contributed by atoms with Gasteiger partial charge in [0.2, 0.25) is 0 Å². The van der Waals surface area contributed by atoms with Crippen LogP contribution in [0.3, 0.4) is 0 Å². The van der Waals surface area contributed by atoms with Crippen molar-refractivity contribution >= 4 is 11.6 Å². The van der Waals surface area contributed by atoms with Gasteiger partial charge in [-0.05, 0) is 37.2 Å². The molecule has 1 N–H and O–H groups in total. The zero-order valence-corrected chi connectivity index (χ0v) is 13.7. The van der Waals surface area contributed by atoms with Crippen molar-refractivity contribution in [3.05, 3.63) is 52.8 Å². The molecule has 0 radical (unpaired) electrons. The molecule has 0 amide bonds. The van der Waals surface area contributed by atoms with Crippen molar-refractivity contribution in [3.63, 3.8) is 0 Å². The highest BCUT2D eigenvalue weighted by Gasteiger charge is 2.07. The Morgan fingerprint density at radius 3 is 2.55 bits per heavy atom. The van der Waals surface area contributed by atoms with Crippen LogP contribution in [0.4, 0.5) is 0 Å². The second-order valence-electron chi connectivity index (χ2n) is 4.77. The maximum absolute atomic E-state index is 5.85. The van der Waals surface area contributed by atoms with E-state index in [1.807, 2.05) is 31.2 Å². The van der Waals surface area contributed by atoms with Crippen molar-refractivity contribution in [2.45, 2.75) is 27.0 Å². The monoisotopic (exact) mass is 320 g/mol. The Morgan fingerprint density at radius 2 is 1.86 bits per heavy atom. The summed E-state index contributed by atoms with van der Waals surface area (Å²) in [7, 11) is 0. The third-order valence-electron chi connectivity index (χ3n) is 3.07. The maximum atomic E-state index is 5.85. The van der Waals surface area contributed by atoms with Gasteiger partial charge in [-0.2, -0.15) is 0 Å². The standard InChI is InChI=1S/C17H21ClN2O2/c1-3-19-10-13-5-7-15(16(9-13)21-4-2)22-12-14-6-8-17(18)20-11-14/h5-9,11,19H,3-4,10,12H2,1-2H3. The van der Waals surface area contributed by atoms with Crippen molar-refractivity contribution in [1.82, 2.24) is 10.3 Å². The molecule has 5 heteroatoms. The largest absolute Gasteiger partial charge is 0.490 e. The molecular formula is C17H21ClN2O2. The molecule has 0 spiro atoms. The predicted molar refractivity (Wildman–Crippen MR) is 88.6 cm³/mol. The molecule has 0 saturated carbocycles. The number of benzene rings is 1. The van der Waals surface area contributed by atoms with E-state index in [2.05, 4.69) is 17.2 Å². The van der Waals surface area contributed by atoms with Crippen LogP contribution in [0.15, 0.2) is 36.5 Å². The molecule has 0 fully saturated rings. The van der Waals surface area contributed by atoms with Gasteiger partial charge >= 0.3 is 0 Å². The third kappa shape index (κ3) is 4.90. The van der Waals surface area contributed by atoms with Gasteiger partial charge in [0, 0.05) is 18.3 Å². The number of ether oxygens (including phenoxy) is 2. The summed E-state index contributed by atoms with van der Waals surface area (Å²) in [5, 5.41) is 3.78. The van der Waals surface area contributed by atoms with E-state index in [-0.39, 0.29) is 0 Å². The molecule has 4 nitrogen and oxygen atoms in total. The van der Waals surface area contributed by atoms with Crippen LogP contribution in [-0.2, 0) is 13.2 Å². The molecular weight excluding hydrogens is 300 g/mol. The van der Waals surface area contributed by atoms with Crippen LogP contribution in [0, 0.1) is 0 Å². The Bertz CT molecular complexity index is 588. The number of halogens is 1. The normalized spacial score (nSPS) is 10.5. The minimum Gasteiger partial charge on any atom is -0.490 e. The molecule has 0 aliphatic heterocycles. The third-order valence-corrected chi connectivity index (χ3v) is 3.29. The van der Waals surface area contributed by atoms with E-state index < -0.39 is 0 Å². The van der Waals surface area contributed by atoms with Crippen LogP contribution in [0.25, 0.3) is 0 Å². The van der Waals surface area contributed by atoms with Gasteiger partial charge in [-0.25, -0.2) is 4.98 Å². The van der Waals surface area contributed by atoms with Crippen molar-refractivity contribution in [1.29, 1.82) is 0 Å². The molecule has 118 valence electrons. The van der Waals surface area contributed by atoms with Crippen LogP contribution in [-0.4, -0.2) is 18.1 Å². The summed E-state index contributed by atoms with van der Waals surface area (Å²) in [6.45, 7) is 6.83. The Kier molecular flexibility index (Phi) is 6.49. The molecule has 0 aliphatic carbocycles. The van der Waals surface area contributed by atoms with Crippen LogP contribution in [0.1, 0.15) is 25.0 Å². The van der Waals surface area contributed by atoms with Crippen LogP contribution >= 0.6 is 11.6 Å². The molecule has 1 aromatic carbocycles. The van der Waals surface area contributed by atoms with Gasteiger partial charge in [0.25, 0.3) is 0 Å². The van der Waals surface area contributed by atoms with Crippen LogP contribution < -0.4 is 14.8 Å². The minimum absolute atomic E-state index is 0.427. The highest BCUT2D eigenvalue weighted by Crippen LogP contribution is 2.29. The molecule has 2 rings (SSSR count). The predicted octanol–water partition coefficient (Wildman–Crippen LogP) is 3.82. The smallest absolute Gasteiger partial charge is 0.161 e. The van der Waals surface area contributed by atoms with Gasteiger partial charge < -0.3 is 14.8 Å². The molecule has 2 aromatic rings. The van der Waals surface area contributed by atoms with Gasteiger partial charge in [0.05, 0.1) is 6.61 Å². The van der Waals surface area contributed by atoms with Gasteiger partial charge in [-0.1, -0.05) is 30.7 Å². The van der Waals surface area contributed by atoms with Crippen molar-refractivity contribution in [2.24, 2.45) is 0 Å². The number of aromatic nitrogens is 1. The number of rotatable bonds is 8. The zero-order valence-electron chi connectivity index (χ0n) is 12.9. The number of hydrogen-bond acceptors (Lipinski definition) is 4. The summed E-state index contributed by atoms with van der Waals surface area (Å²) in [6.07, 6.45) is 1.71. The Labute approximate surface area is 136 Å². The lowest BCUT2D eigenvalue weighted by Crippen LogP contribution is -2.12. The second kappa shape index (κ2) is 8.61. The molecule has 0 bridgehead atoms. The van der Waals surface area contributed by atoms with Gasteiger partial charge in [0.15, 0.2) is 11.5 Å². The first-order chi connectivity index (χ1) is 10.7. The van der Waals surface area contributed by atoms with E-state index in [9.17, 15) is 0 Å². The number of nitrogens with one attached hydrogen (secondary N) is 1. The maximum Gasteiger partial charge on any atom is 0.161 e. The lowest BCUT2D eigenvalue weighted by atomic mass is 10.2. The Hall–Kier alpha value is -1.78. The highest BCUT2D eigenvalue weighted by atomic mass is 35.5. The number of hydrogen-bond donors (Lipinski definition) is 1. The van der Waals surface area contributed by atoms with Gasteiger partial charge in [-0.15, -0.1) is 0 Å². The fourth-order valence-electron chi connectivity index (χ4n) is 1.97. The van der Waals surface area contributed by atoms with Crippen LogP contribution in [0.5, 0.6) is 11.5 Å². The van der Waals surface area contributed by atoms with E-state index in [0.29, 0.717) is 18.4 Å². The van der Waals surface area contributed by atoms with E-state index in [0.717, 1.165) is 30.2 Å². The fourth-order valence-corrected chi connectivity index (χ4v) is 2.08. The summed E-state index contributed by atoms with van der Waals surface area (Å²) in [5.74, 6) is 1.50. The average Bonchev–Trinajstić information content (AvgIpc) is 2.54. The Balaban J connectivity index is 2.06. The minimum atomic E-state index is 0.427. The fraction of sp³-hybridized carbons (Fsp3) is 0.353. The summed E-state index contributed by atoms with van der Waals surface area (Å²) in [6, 6.07) is 9.65. The molecule has 0 atom stereocenters. The summed E-state index contributed by atoms with van der Waals surface area (Å²) in [5.41, 5.74) is 2.13. The highest BCUT2D eigenvalue weighted by molar-refractivity contribution is 6.29. The lowest BCUT2D eigenvalue weighted by Gasteiger charge is -2.13. The Morgan fingerprint density at radius 1 is 1.05 bits per heavy atom. The van der Waals surface area contributed by atoms with Crippen LogP contribution in [0.2, 0.25) is 5.15 Å². The first-order valence-corrected chi connectivity index (χ1v) is 7.80. The molecule has 0 unspecified atom stereocenters. The summed E-state index contributed by atoms with van der Waals surface area (Å²) >= 11 is 5.78. The first kappa shape index (κ1) is 16.6. The molecule has 22 heavy (non-hydrogen) atoms. The van der Waals surface area contributed by atoms with Gasteiger partial charge in [-0.3, -0.25) is 0 Å². The summed E-state index contributed by atoms with van der Waals surface area (Å²) < 4.78 is 11.5. The van der Waals surface area contributed by atoms with Crippen molar-refractivity contribution in [3.8, 4) is 11.5 Å². The van der Waals surface area contributed by atoms with E-state index >= 15 is 0 Å². The first-order valence-electron chi connectivity index (χ1n) is 7.42. The molecule has 1 heterocycles. The van der Waals surface area contributed by atoms with Crippen molar-refractivity contribution < 1.29 is 9.47 Å². The topological polar surface area (TPSA) is 43.4 Å². The molecule has 0 saturated heterocycles. The van der Waals surface area contributed by atoms with E-state index in [4.69, 9.17) is 21.1 Å². The lowest BCUT2D eigenvalue weighted by molar-refractivity contribution is 0.269. The molecule has 0 aliphatic rings. The average molecular weight is 321 g/mol. The van der Waals surface area contributed by atoms with E-state index in [1.165, 1.54) is 5.56 Å². The van der Waals surface area contributed by atoms with Crippen molar-refractivity contribution in [2.75, 3.05) is 13.2 Å².